The zero-order chi connectivity index (χ0) is 22.4. The van der Waals surface area contributed by atoms with Crippen LogP contribution in [0.2, 0.25) is 5.02 Å². The molecule has 0 amide bonds. The van der Waals surface area contributed by atoms with Gasteiger partial charge < -0.3 is 4.84 Å². The monoisotopic (exact) mass is 454 g/mol. The van der Waals surface area contributed by atoms with Gasteiger partial charge in [0.1, 0.15) is 0 Å². The molecule has 0 atom stereocenters. The van der Waals surface area contributed by atoms with E-state index >= 15 is 0 Å². The van der Waals surface area contributed by atoms with E-state index in [4.69, 9.17) is 16.4 Å². The fraction of sp³-hybridized carbons (Fsp3) is 0.0455. The lowest BCUT2D eigenvalue weighted by Gasteiger charge is -2.09. The van der Waals surface area contributed by atoms with Crippen LogP contribution in [0.1, 0.15) is 22.8 Å². The van der Waals surface area contributed by atoms with E-state index in [9.17, 15) is 19.7 Å². The zero-order valence-corrected chi connectivity index (χ0v) is 17.7. The predicted octanol–water partition coefficient (Wildman–Crippen LogP) is 5.55. The van der Waals surface area contributed by atoms with Crippen molar-refractivity contribution in [2.75, 3.05) is 0 Å². The number of halogens is 1. The number of rotatable bonds is 7. The number of carbonyl (C=O) groups is 2. The summed E-state index contributed by atoms with van der Waals surface area (Å²) < 4.78 is 0. The number of nitrogens with zero attached hydrogens (tertiary/aromatic N) is 2. The van der Waals surface area contributed by atoms with E-state index in [2.05, 4.69) is 5.16 Å². The highest BCUT2D eigenvalue weighted by atomic mass is 35.5. The van der Waals surface area contributed by atoms with Crippen molar-refractivity contribution < 1.29 is 19.3 Å². The first-order chi connectivity index (χ1) is 14.8. The van der Waals surface area contributed by atoms with Gasteiger partial charge in [0.05, 0.1) is 9.95 Å². The van der Waals surface area contributed by atoms with Crippen LogP contribution in [0.5, 0.6) is 0 Å². The molecular formula is C22H15ClN2O5S. The molecule has 156 valence electrons. The summed E-state index contributed by atoms with van der Waals surface area (Å²) in [6.07, 6.45) is 0. The van der Waals surface area contributed by atoms with E-state index < -0.39 is 16.7 Å². The summed E-state index contributed by atoms with van der Waals surface area (Å²) in [4.78, 5) is 40.8. The molecule has 31 heavy (non-hydrogen) atoms. The molecule has 3 rings (SSSR count). The van der Waals surface area contributed by atoms with Crippen molar-refractivity contribution in [1.29, 1.82) is 0 Å². The molecule has 7 nitrogen and oxygen atoms in total. The molecule has 0 spiro atoms. The minimum absolute atomic E-state index is 0.00355. The highest BCUT2D eigenvalue weighted by molar-refractivity contribution is 7.99. The molecule has 0 saturated carbocycles. The Bertz CT molecular complexity index is 1160. The minimum atomic E-state index is -0.651. The second kappa shape index (κ2) is 10.0. The molecule has 0 aromatic heterocycles. The number of non-ortho nitro benzene ring substituents is 1. The van der Waals surface area contributed by atoms with Gasteiger partial charge in [0.15, 0.2) is 5.71 Å². The van der Waals surface area contributed by atoms with E-state index in [0.717, 1.165) is 9.79 Å². The van der Waals surface area contributed by atoms with Crippen LogP contribution in [0.3, 0.4) is 0 Å². The SMILES string of the molecule is CC(=O)ON=C(C(=O)c1ccc(Sc2ccc([N+](=O)[O-])cc2)cc1Cl)c1ccccc1. The highest BCUT2D eigenvalue weighted by Gasteiger charge is 2.21. The van der Waals surface area contributed by atoms with Crippen molar-refractivity contribution in [3.05, 3.63) is 99.1 Å². The van der Waals surface area contributed by atoms with E-state index in [1.54, 1.807) is 60.7 Å². The standard InChI is InChI=1S/C22H15ClN2O5S/c1-14(26)30-24-21(15-5-3-2-4-6-15)22(27)19-12-11-18(13-20(19)23)31-17-9-7-16(8-10-17)25(28)29/h2-13H,1H3. The molecule has 0 unspecified atom stereocenters. The largest absolute Gasteiger partial charge is 0.332 e. The fourth-order valence-corrected chi connectivity index (χ4v) is 3.76. The normalized spacial score (nSPS) is 11.1. The molecule has 0 fully saturated rings. The van der Waals surface area contributed by atoms with Crippen LogP contribution < -0.4 is 0 Å². The van der Waals surface area contributed by atoms with Gasteiger partial charge in [-0.05, 0) is 30.3 Å². The molecule has 0 bridgehead atoms. The topological polar surface area (TPSA) is 98.9 Å². The summed E-state index contributed by atoms with van der Waals surface area (Å²) in [5.74, 6) is -1.15. The van der Waals surface area contributed by atoms with Gasteiger partial charge in [-0.25, -0.2) is 4.79 Å². The number of nitro groups is 1. The molecule has 0 heterocycles. The summed E-state index contributed by atoms with van der Waals surface area (Å²) in [5, 5.41) is 14.7. The highest BCUT2D eigenvalue weighted by Crippen LogP contribution is 2.32. The lowest BCUT2D eigenvalue weighted by atomic mass is 10.0. The maximum absolute atomic E-state index is 13.1. The lowest BCUT2D eigenvalue weighted by Crippen LogP contribution is -2.17. The minimum Gasteiger partial charge on any atom is -0.318 e. The number of Topliss-reactive ketones (excluding diaryl/α,β-unsaturated/α-hetero) is 1. The van der Waals surface area contributed by atoms with Crippen molar-refractivity contribution in [3.63, 3.8) is 0 Å². The van der Waals surface area contributed by atoms with Crippen molar-refractivity contribution in [2.45, 2.75) is 16.7 Å². The molecule has 0 aliphatic carbocycles. The molecule has 0 N–H and O–H groups in total. The number of benzene rings is 3. The maximum Gasteiger partial charge on any atom is 0.332 e. The van der Waals surface area contributed by atoms with Crippen LogP contribution >= 0.6 is 23.4 Å². The maximum atomic E-state index is 13.1. The summed E-state index contributed by atoms with van der Waals surface area (Å²) in [6.45, 7) is 1.19. The van der Waals surface area contributed by atoms with E-state index in [1.165, 1.54) is 30.8 Å². The van der Waals surface area contributed by atoms with Crippen LogP contribution in [-0.2, 0) is 9.63 Å². The summed E-state index contributed by atoms with van der Waals surface area (Å²) in [6, 6.07) is 19.6. The molecule has 0 aliphatic heterocycles. The van der Waals surface area contributed by atoms with Crippen LogP contribution in [0.15, 0.2) is 87.7 Å². The van der Waals surface area contributed by atoms with Gasteiger partial charge in [-0.2, -0.15) is 0 Å². The third kappa shape index (κ3) is 5.78. The Morgan fingerprint density at radius 3 is 2.23 bits per heavy atom. The summed E-state index contributed by atoms with van der Waals surface area (Å²) in [7, 11) is 0. The van der Waals surface area contributed by atoms with Gasteiger partial charge in [-0.1, -0.05) is 58.9 Å². The second-order valence-electron chi connectivity index (χ2n) is 6.21. The van der Waals surface area contributed by atoms with Gasteiger partial charge in [-0.3, -0.25) is 14.9 Å². The number of nitro benzene ring substituents is 1. The van der Waals surface area contributed by atoms with Gasteiger partial charge in [0, 0.05) is 40.0 Å². The predicted molar refractivity (Wildman–Crippen MR) is 118 cm³/mol. The zero-order valence-electron chi connectivity index (χ0n) is 16.2. The Morgan fingerprint density at radius 1 is 1.00 bits per heavy atom. The van der Waals surface area contributed by atoms with Gasteiger partial charge in [0.25, 0.3) is 5.69 Å². The number of hydrogen-bond donors (Lipinski definition) is 0. The average Bonchev–Trinajstić information content (AvgIpc) is 2.75. The Hall–Kier alpha value is -3.49. The van der Waals surface area contributed by atoms with Crippen molar-refractivity contribution in [2.24, 2.45) is 5.16 Å². The smallest absolute Gasteiger partial charge is 0.318 e. The number of hydrogen-bond acceptors (Lipinski definition) is 7. The molecule has 3 aromatic carbocycles. The Balaban J connectivity index is 1.86. The molecular weight excluding hydrogens is 440 g/mol. The summed E-state index contributed by atoms with van der Waals surface area (Å²) >= 11 is 7.71. The van der Waals surface area contributed by atoms with Gasteiger partial charge in [0.2, 0.25) is 5.78 Å². The van der Waals surface area contributed by atoms with Crippen LogP contribution in [0.25, 0.3) is 0 Å². The van der Waals surface area contributed by atoms with E-state index in [-0.39, 0.29) is 22.0 Å². The second-order valence-corrected chi connectivity index (χ2v) is 7.77. The first-order valence-electron chi connectivity index (χ1n) is 8.92. The quantitative estimate of drug-likeness (QED) is 0.152. The fourth-order valence-electron chi connectivity index (χ4n) is 2.57. The third-order valence-electron chi connectivity index (χ3n) is 4.00. The summed E-state index contributed by atoms with van der Waals surface area (Å²) in [5.41, 5.74) is 0.635. The first kappa shape index (κ1) is 22.2. The molecule has 0 saturated heterocycles. The first-order valence-corrected chi connectivity index (χ1v) is 10.1. The van der Waals surface area contributed by atoms with Crippen molar-refractivity contribution in [1.82, 2.24) is 0 Å². The Kier molecular flexibility index (Phi) is 7.17. The van der Waals surface area contributed by atoms with E-state index in [0.29, 0.717) is 5.56 Å². The van der Waals surface area contributed by atoms with Crippen LogP contribution in [-0.4, -0.2) is 22.4 Å². The number of oxime groups is 1. The Labute approximate surface area is 186 Å². The van der Waals surface area contributed by atoms with Crippen LogP contribution in [0, 0.1) is 10.1 Å². The van der Waals surface area contributed by atoms with Crippen molar-refractivity contribution in [3.8, 4) is 0 Å². The molecule has 9 heteroatoms. The number of carbonyl (C=O) groups excluding carboxylic acids is 2. The number of ketones is 1. The van der Waals surface area contributed by atoms with Crippen LogP contribution in [0.4, 0.5) is 5.69 Å². The lowest BCUT2D eigenvalue weighted by molar-refractivity contribution is -0.384. The Morgan fingerprint density at radius 2 is 1.65 bits per heavy atom. The third-order valence-corrected chi connectivity index (χ3v) is 5.31. The molecule has 0 radical (unpaired) electrons. The van der Waals surface area contributed by atoms with Crippen molar-refractivity contribution >= 4 is 46.5 Å². The van der Waals surface area contributed by atoms with Gasteiger partial charge in [-0.15, -0.1) is 0 Å². The average molecular weight is 455 g/mol. The molecule has 3 aromatic rings. The van der Waals surface area contributed by atoms with Gasteiger partial charge >= 0.3 is 5.97 Å². The molecule has 0 aliphatic rings. The van der Waals surface area contributed by atoms with E-state index in [1.807, 2.05) is 0 Å².